The second kappa shape index (κ2) is 9.19. The number of ether oxygens (including phenoxy) is 2. The van der Waals surface area contributed by atoms with Crippen LogP contribution in [0, 0.1) is 11.3 Å². The van der Waals surface area contributed by atoms with Crippen LogP contribution < -0.4 is 19.7 Å². The van der Waals surface area contributed by atoms with Crippen LogP contribution in [-0.4, -0.2) is 46.3 Å². The zero-order valence-corrected chi connectivity index (χ0v) is 20.0. The molecule has 2 aromatic rings. The number of allylic oxidation sites excluding steroid dienone is 2. The van der Waals surface area contributed by atoms with Crippen LogP contribution in [0.3, 0.4) is 0 Å². The van der Waals surface area contributed by atoms with E-state index in [4.69, 9.17) is 9.47 Å². The highest BCUT2D eigenvalue weighted by molar-refractivity contribution is 5.96. The Hall–Kier alpha value is -3.64. The first-order valence-electron chi connectivity index (χ1n) is 12.0. The second-order valence-electron chi connectivity index (χ2n) is 9.58. The van der Waals surface area contributed by atoms with Crippen molar-refractivity contribution in [3.8, 4) is 17.7 Å². The second-order valence-corrected chi connectivity index (χ2v) is 9.58. The number of rotatable bonds is 6. The summed E-state index contributed by atoms with van der Waals surface area (Å²) in [7, 11) is 1.58. The van der Waals surface area contributed by atoms with E-state index in [2.05, 4.69) is 21.4 Å². The van der Waals surface area contributed by atoms with Gasteiger partial charge >= 0.3 is 0 Å². The molecule has 0 unspecified atom stereocenters. The summed E-state index contributed by atoms with van der Waals surface area (Å²) in [6.45, 7) is 2.55. The number of hydrogen-bond donors (Lipinski definition) is 2. The summed E-state index contributed by atoms with van der Waals surface area (Å²) in [5.74, 6) is 1.41. The molecule has 1 aromatic heterocycles. The van der Waals surface area contributed by atoms with Crippen molar-refractivity contribution < 1.29 is 19.4 Å². The zero-order chi connectivity index (χ0) is 24.6. The summed E-state index contributed by atoms with van der Waals surface area (Å²) >= 11 is 0. The number of nitrogens with one attached hydrogen (secondary N) is 1. The summed E-state index contributed by atoms with van der Waals surface area (Å²) < 4.78 is 11.9. The van der Waals surface area contributed by atoms with Crippen molar-refractivity contribution in [2.75, 3.05) is 23.9 Å². The SMILES string of the molecule is COc1cc(N2CCCC2=O)ccc1Nc1nc2c(c(OC3CCC(C)(O)CC3)n1)C(C#N)=CC2. The molecule has 35 heavy (non-hydrogen) atoms. The van der Waals surface area contributed by atoms with Crippen LogP contribution in [0.2, 0.25) is 0 Å². The monoisotopic (exact) mass is 475 g/mol. The number of fused-ring (bicyclic) bond motifs is 1. The minimum Gasteiger partial charge on any atom is -0.494 e. The molecule has 0 atom stereocenters. The van der Waals surface area contributed by atoms with Gasteiger partial charge in [-0.2, -0.15) is 10.2 Å². The maximum atomic E-state index is 12.1. The highest BCUT2D eigenvalue weighted by Gasteiger charge is 2.32. The number of carbonyl (C=O) groups is 1. The minimum atomic E-state index is -0.666. The van der Waals surface area contributed by atoms with Crippen molar-refractivity contribution >= 4 is 28.8 Å². The lowest BCUT2D eigenvalue weighted by Gasteiger charge is -2.33. The lowest BCUT2D eigenvalue weighted by atomic mass is 9.85. The summed E-state index contributed by atoms with van der Waals surface area (Å²) in [6, 6.07) is 7.78. The van der Waals surface area contributed by atoms with Crippen LogP contribution in [-0.2, 0) is 11.2 Å². The molecule has 1 saturated heterocycles. The van der Waals surface area contributed by atoms with Crippen LogP contribution in [0.15, 0.2) is 24.3 Å². The van der Waals surface area contributed by atoms with Crippen molar-refractivity contribution in [2.45, 2.75) is 63.6 Å². The molecule has 2 aliphatic carbocycles. The number of anilines is 3. The van der Waals surface area contributed by atoms with Gasteiger partial charge in [0, 0.05) is 31.1 Å². The highest BCUT2D eigenvalue weighted by Crippen LogP contribution is 2.38. The van der Waals surface area contributed by atoms with Gasteiger partial charge in [-0.1, -0.05) is 6.08 Å². The van der Waals surface area contributed by atoms with Gasteiger partial charge in [0.05, 0.1) is 41.3 Å². The van der Waals surface area contributed by atoms with Gasteiger partial charge in [0.1, 0.15) is 11.9 Å². The third-order valence-electron chi connectivity index (χ3n) is 6.94. The van der Waals surface area contributed by atoms with Crippen LogP contribution in [0.1, 0.15) is 56.7 Å². The first-order valence-corrected chi connectivity index (χ1v) is 12.0. The van der Waals surface area contributed by atoms with Crippen LogP contribution in [0.4, 0.5) is 17.3 Å². The molecular weight excluding hydrogens is 446 g/mol. The molecule has 1 amide bonds. The Labute approximate surface area is 204 Å². The Morgan fingerprint density at radius 2 is 2.09 bits per heavy atom. The van der Waals surface area contributed by atoms with Gasteiger partial charge in [-0.25, -0.2) is 4.98 Å². The van der Waals surface area contributed by atoms with Gasteiger partial charge < -0.3 is 24.8 Å². The van der Waals surface area contributed by atoms with Gasteiger partial charge in [-0.05, 0) is 51.2 Å². The number of benzene rings is 1. The van der Waals surface area contributed by atoms with Crippen LogP contribution in [0.25, 0.3) is 5.57 Å². The molecule has 2 N–H and O–H groups in total. The Morgan fingerprint density at radius 1 is 1.29 bits per heavy atom. The molecule has 5 rings (SSSR count). The van der Waals surface area contributed by atoms with Gasteiger partial charge in [0.2, 0.25) is 17.7 Å². The molecule has 1 saturated carbocycles. The minimum absolute atomic E-state index is 0.0885. The Kier molecular flexibility index (Phi) is 6.07. The lowest BCUT2D eigenvalue weighted by Crippen LogP contribution is -2.35. The Bertz CT molecular complexity index is 1220. The normalized spacial score (nSPS) is 23.5. The largest absolute Gasteiger partial charge is 0.494 e. The van der Waals surface area contributed by atoms with Crippen LogP contribution >= 0.6 is 0 Å². The van der Waals surface area contributed by atoms with E-state index in [1.54, 1.807) is 12.0 Å². The average molecular weight is 476 g/mol. The van der Waals surface area contributed by atoms with E-state index in [0.717, 1.165) is 17.8 Å². The van der Waals surface area contributed by atoms with Gasteiger partial charge in [0.25, 0.3) is 0 Å². The number of nitriles is 1. The van der Waals surface area contributed by atoms with Crippen molar-refractivity contribution in [3.05, 3.63) is 35.5 Å². The number of amides is 1. The fourth-order valence-electron chi connectivity index (χ4n) is 4.93. The average Bonchev–Trinajstić information content (AvgIpc) is 3.46. The fraction of sp³-hybridized carbons (Fsp3) is 0.462. The number of methoxy groups -OCH3 is 1. The molecular formula is C26H29N5O4. The highest BCUT2D eigenvalue weighted by atomic mass is 16.5. The van der Waals surface area contributed by atoms with Crippen molar-refractivity contribution in [1.82, 2.24) is 9.97 Å². The molecule has 3 aliphatic rings. The van der Waals surface area contributed by atoms with E-state index in [0.29, 0.717) is 79.5 Å². The summed E-state index contributed by atoms with van der Waals surface area (Å²) in [6.07, 6.45) is 6.42. The molecule has 1 aliphatic heterocycles. The molecule has 0 bridgehead atoms. The Balaban J connectivity index is 1.42. The van der Waals surface area contributed by atoms with E-state index < -0.39 is 5.60 Å². The Morgan fingerprint density at radius 3 is 2.77 bits per heavy atom. The molecule has 0 spiro atoms. The topological polar surface area (TPSA) is 121 Å². The predicted octanol–water partition coefficient (Wildman–Crippen LogP) is 3.89. The molecule has 9 heteroatoms. The van der Waals surface area contributed by atoms with E-state index in [-0.39, 0.29) is 12.0 Å². The zero-order valence-electron chi connectivity index (χ0n) is 20.0. The molecule has 0 radical (unpaired) electrons. The van der Waals surface area contributed by atoms with Gasteiger partial charge in [0.15, 0.2) is 0 Å². The van der Waals surface area contributed by atoms with E-state index in [9.17, 15) is 15.2 Å². The maximum Gasteiger partial charge on any atom is 0.230 e. The maximum absolute atomic E-state index is 12.1. The number of aromatic nitrogens is 2. The summed E-state index contributed by atoms with van der Waals surface area (Å²) in [5.41, 5.74) is 2.68. The molecule has 1 aromatic carbocycles. The van der Waals surface area contributed by atoms with Crippen molar-refractivity contribution in [2.24, 2.45) is 0 Å². The van der Waals surface area contributed by atoms with E-state index in [1.807, 2.05) is 31.2 Å². The summed E-state index contributed by atoms with van der Waals surface area (Å²) in [5, 5.41) is 23.1. The van der Waals surface area contributed by atoms with Crippen LogP contribution in [0.5, 0.6) is 11.6 Å². The fourth-order valence-corrected chi connectivity index (χ4v) is 4.93. The molecule has 9 nitrogen and oxygen atoms in total. The quantitative estimate of drug-likeness (QED) is 0.646. The number of carbonyl (C=O) groups excluding carboxylic acids is 1. The molecule has 2 heterocycles. The predicted molar refractivity (Wildman–Crippen MR) is 131 cm³/mol. The first-order chi connectivity index (χ1) is 16.9. The standard InChI is InChI=1S/C26H29N5O4/c1-26(33)11-9-18(10-12-26)35-24-23-16(15-27)5-7-20(23)29-25(30-24)28-19-8-6-17(14-21(19)34-2)31-13-3-4-22(31)32/h5-6,8,14,18,33H,3-4,7,9-13H2,1-2H3,(H,28,29,30). The molecule has 2 fully saturated rings. The van der Waals surface area contributed by atoms with Crippen molar-refractivity contribution in [1.29, 1.82) is 5.26 Å². The lowest BCUT2D eigenvalue weighted by molar-refractivity contribution is -0.117. The molecule has 182 valence electrons. The third-order valence-corrected chi connectivity index (χ3v) is 6.94. The van der Waals surface area contributed by atoms with E-state index >= 15 is 0 Å². The van der Waals surface area contributed by atoms with E-state index in [1.165, 1.54) is 0 Å². The van der Waals surface area contributed by atoms with Gasteiger partial charge in [-0.3, -0.25) is 4.79 Å². The smallest absolute Gasteiger partial charge is 0.230 e. The first kappa shape index (κ1) is 23.1. The third kappa shape index (κ3) is 4.66. The summed E-state index contributed by atoms with van der Waals surface area (Å²) in [4.78, 5) is 23.2. The number of nitrogens with zero attached hydrogens (tertiary/aromatic N) is 4. The number of aliphatic hydroxyl groups is 1. The van der Waals surface area contributed by atoms with Gasteiger partial charge in [-0.15, -0.1) is 0 Å². The van der Waals surface area contributed by atoms with Crippen molar-refractivity contribution in [3.63, 3.8) is 0 Å². The number of hydrogen-bond acceptors (Lipinski definition) is 8.